The summed E-state index contributed by atoms with van der Waals surface area (Å²) < 4.78 is 10.2. The van der Waals surface area contributed by atoms with Crippen molar-refractivity contribution in [2.24, 2.45) is 0 Å². The number of aliphatic carboxylic acids is 1. The molecule has 1 heterocycles. The van der Waals surface area contributed by atoms with Crippen LogP contribution in [0.1, 0.15) is 36.8 Å². The number of carboxylic acids is 1. The van der Waals surface area contributed by atoms with Gasteiger partial charge in [-0.1, -0.05) is 31.0 Å². The quantitative estimate of drug-likeness (QED) is 0.760. The van der Waals surface area contributed by atoms with Gasteiger partial charge in [0.1, 0.15) is 11.8 Å². The SMILES string of the molecule is CCCC[C@H](NC(=O)c1noc(-c2cccc(OC)c2)n1)C(=O)O. The molecule has 0 saturated carbocycles. The van der Waals surface area contributed by atoms with Crippen molar-refractivity contribution in [1.29, 1.82) is 0 Å². The molecular formula is C16H19N3O5. The van der Waals surface area contributed by atoms with Gasteiger partial charge in [0.2, 0.25) is 0 Å². The van der Waals surface area contributed by atoms with Crippen LogP contribution in [-0.2, 0) is 4.79 Å². The first-order valence-corrected chi connectivity index (χ1v) is 7.57. The number of methoxy groups -OCH3 is 1. The Bertz CT molecular complexity index is 713. The van der Waals surface area contributed by atoms with Crippen LogP contribution >= 0.6 is 0 Å². The third-order valence-electron chi connectivity index (χ3n) is 3.40. The zero-order valence-corrected chi connectivity index (χ0v) is 13.5. The van der Waals surface area contributed by atoms with Crippen molar-refractivity contribution >= 4 is 11.9 Å². The van der Waals surface area contributed by atoms with E-state index in [0.29, 0.717) is 24.2 Å². The minimum absolute atomic E-state index is 0.152. The summed E-state index contributed by atoms with van der Waals surface area (Å²) in [6.45, 7) is 1.94. The molecule has 0 aliphatic rings. The lowest BCUT2D eigenvalue weighted by Gasteiger charge is -2.12. The fourth-order valence-electron chi connectivity index (χ4n) is 2.08. The first-order chi connectivity index (χ1) is 11.5. The monoisotopic (exact) mass is 333 g/mol. The summed E-state index contributed by atoms with van der Waals surface area (Å²) in [5.74, 6) is -1.22. The summed E-state index contributed by atoms with van der Waals surface area (Å²) >= 11 is 0. The molecule has 0 saturated heterocycles. The maximum Gasteiger partial charge on any atom is 0.326 e. The molecule has 128 valence electrons. The first-order valence-electron chi connectivity index (χ1n) is 7.57. The van der Waals surface area contributed by atoms with E-state index in [2.05, 4.69) is 15.5 Å². The molecule has 8 heteroatoms. The lowest BCUT2D eigenvalue weighted by atomic mass is 10.1. The number of ether oxygens (including phenoxy) is 1. The second-order valence-electron chi connectivity index (χ2n) is 5.16. The lowest BCUT2D eigenvalue weighted by molar-refractivity contribution is -0.139. The molecular weight excluding hydrogens is 314 g/mol. The number of benzene rings is 1. The van der Waals surface area contributed by atoms with E-state index in [9.17, 15) is 9.59 Å². The highest BCUT2D eigenvalue weighted by molar-refractivity contribution is 5.93. The lowest BCUT2D eigenvalue weighted by Crippen LogP contribution is -2.41. The average molecular weight is 333 g/mol. The number of unbranched alkanes of at least 4 members (excludes halogenated alkanes) is 1. The van der Waals surface area contributed by atoms with Crippen molar-refractivity contribution in [2.45, 2.75) is 32.2 Å². The maximum absolute atomic E-state index is 12.1. The number of hydrogen-bond acceptors (Lipinski definition) is 6. The molecule has 24 heavy (non-hydrogen) atoms. The van der Waals surface area contributed by atoms with E-state index < -0.39 is 17.9 Å². The molecule has 8 nitrogen and oxygen atoms in total. The topological polar surface area (TPSA) is 115 Å². The highest BCUT2D eigenvalue weighted by atomic mass is 16.5. The fourth-order valence-corrected chi connectivity index (χ4v) is 2.08. The Hall–Kier alpha value is -2.90. The Labute approximate surface area is 138 Å². The van der Waals surface area contributed by atoms with E-state index in [-0.39, 0.29) is 11.7 Å². The smallest absolute Gasteiger partial charge is 0.326 e. The number of rotatable bonds is 8. The van der Waals surface area contributed by atoms with Crippen LogP contribution in [0.5, 0.6) is 5.75 Å². The van der Waals surface area contributed by atoms with Crippen LogP contribution in [0.15, 0.2) is 28.8 Å². The van der Waals surface area contributed by atoms with Crippen molar-refractivity contribution in [3.05, 3.63) is 30.1 Å². The Balaban J connectivity index is 2.11. The molecule has 1 atom stereocenters. The van der Waals surface area contributed by atoms with E-state index in [1.54, 1.807) is 24.3 Å². The van der Waals surface area contributed by atoms with Crippen LogP contribution in [0.2, 0.25) is 0 Å². The second kappa shape index (κ2) is 8.09. The van der Waals surface area contributed by atoms with E-state index in [4.69, 9.17) is 14.4 Å². The maximum atomic E-state index is 12.1. The Kier molecular flexibility index (Phi) is 5.89. The van der Waals surface area contributed by atoms with Crippen molar-refractivity contribution in [1.82, 2.24) is 15.5 Å². The number of carbonyl (C=O) groups excluding carboxylic acids is 1. The van der Waals surface area contributed by atoms with Crippen LogP contribution < -0.4 is 10.1 Å². The van der Waals surface area contributed by atoms with Crippen molar-refractivity contribution in [3.8, 4) is 17.2 Å². The number of carbonyl (C=O) groups is 2. The van der Waals surface area contributed by atoms with Gasteiger partial charge >= 0.3 is 5.97 Å². The molecule has 0 bridgehead atoms. The number of aromatic nitrogens is 2. The molecule has 2 N–H and O–H groups in total. The summed E-state index contributed by atoms with van der Waals surface area (Å²) in [5.41, 5.74) is 0.599. The van der Waals surface area contributed by atoms with Crippen LogP contribution in [0.25, 0.3) is 11.5 Å². The third-order valence-corrected chi connectivity index (χ3v) is 3.40. The van der Waals surface area contributed by atoms with Gasteiger partial charge < -0.3 is 19.7 Å². The van der Waals surface area contributed by atoms with Crippen LogP contribution in [-0.4, -0.2) is 40.3 Å². The number of nitrogens with one attached hydrogen (secondary N) is 1. The van der Waals surface area contributed by atoms with Crippen molar-refractivity contribution < 1.29 is 24.0 Å². The standard InChI is InChI=1S/C16H19N3O5/c1-3-4-8-12(16(21)22)17-14(20)13-18-15(24-19-13)10-6-5-7-11(9-10)23-2/h5-7,9,12H,3-4,8H2,1-2H3,(H,17,20)(H,21,22)/t12-/m0/s1. The van der Waals surface area contributed by atoms with Crippen LogP contribution in [0.4, 0.5) is 0 Å². The predicted octanol–water partition coefficient (Wildman–Crippen LogP) is 2.12. The fraction of sp³-hybridized carbons (Fsp3) is 0.375. The van der Waals surface area contributed by atoms with Gasteiger partial charge in [0.05, 0.1) is 7.11 Å². The molecule has 0 radical (unpaired) electrons. The Morgan fingerprint density at radius 2 is 2.21 bits per heavy atom. The number of carboxylic acid groups (broad SMARTS) is 1. The molecule has 0 spiro atoms. The zero-order valence-electron chi connectivity index (χ0n) is 13.5. The van der Waals surface area contributed by atoms with E-state index in [1.165, 1.54) is 7.11 Å². The molecule has 2 aromatic rings. The van der Waals surface area contributed by atoms with E-state index in [0.717, 1.165) is 6.42 Å². The summed E-state index contributed by atoms with van der Waals surface area (Å²) in [5, 5.41) is 15.2. The summed E-state index contributed by atoms with van der Waals surface area (Å²) in [6.07, 6.45) is 1.87. The normalized spacial score (nSPS) is 11.8. The van der Waals surface area contributed by atoms with Gasteiger partial charge in [0.15, 0.2) is 0 Å². The molecule has 0 fully saturated rings. The number of nitrogens with zero attached hydrogens (tertiary/aromatic N) is 2. The molecule has 1 aromatic heterocycles. The van der Waals surface area contributed by atoms with E-state index >= 15 is 0 Å². The number of hydrogen-bond donors (Lipinski definition) is 2. The Morgan fingerprint density at radius 1 is 1.42 bits per heavy atom. The predicted molar refractivity (Wildman–Crippen MR) is 84.7 cm³/mol. The van der Waals surface area contributed by atoms with Crippen LogP contribution in [0.3, 0.4) is 0 Å². The molecule has 0 aliphatic carbocycles. The van der Waals surface area contributed by atoms with Gasteiger partial charge in [-0.15, -0.1) is 0 Å². The van der Waals surface area contributed by atoms with E-state index in [1.807, 2.05) is 6.92 Å². The molecule has 0 aliphatic heterocycles. The molecule has 0 unspecified atom stereocenters. The largest absolute Gasteiger partial charge is 0.497 e. The average Bonchev–Trinajstić information content (AvgIpc) is 3.08. The van der Waals surface area contributed by atoms with Gasteiger partial charge in [-0.05, 0) is 24.6 Å². The minimum atomic E-state index is -1.09. The summed E-state index contributed by atoms with van der Waals surface area (Å²) in [7, 11) is 1.54. The van der Waals surface area contributed by atoms with Gasteiger partial charge in [0.25, 0.3) is 17.6 Å². The Morgan fingerprint density at radius 3 is 2.88 bits per heavy atom. The molecule has 2 rings (SSSR count). The molecule has 1 aromatic carbocycles. The van der Waals surface area contributed by atoms with Gasteiger partial charge in [-0.3, -0.25) is 4.79 Å². The zero-order chi connectivity index (χ0) is 17.5. The summed E-state index contributed by atoms with van der Waals surface area (Å²) in [4.78, 5) is 27.3. The second-order valence-corrected chi connectivity index (χ2v) is 5.16. The van der Waals surface area contributed by atoms with Gasteiger partial charge in [0, 0.05) is 5.56 Å². The van der Waals surface area contributed by atoms with Gasteiger partial charge in [-0.25, -0.2) is 4.79 Å². The third kappa shape index (κ3) is 4.31. The number of amides is 1. The van der Waals surface area contributed by atoms with Crippen LogP contribution in [0, 0.1) is 0 Å². The summed E-state index contributed by atoms with van der Waals surface area (Å²) in [6, 6.07) is 5.97. The highest BCUT2D eigenvalue weighted by Crippen LogP contribution is 2.22. The highest BCUT2D eigenvalue weighted by Gasteiger charge is 2.23. The first kappa shape index (κ1) is 17.5. The molecule has 1 amide bonds. The van der Waals surface area contributed by atoms with Crippen molar-refractivity contribution in [2.75, 3.05) is 7.11 Å². The van der Waals surface area contributed by atoms with Crippen molar-refractivity contribution in [3.63, 3.8) is 0 Å². The van der Waals surface area contributed by atoms with Gasteiger partial charge in [-0.2, -0.15) is 4.98 Å². The minimum Gasteiger partial charge on any atom is -0.497 e.